The molecule has 1 aromatic heterocycles. The molecule has 1 aliphatic carbocycles. The van der Waals surface area contributed by atoms with Gasteiger partial charge in [-0.3, -0.25) is 9.78 Å². The molecule has 5 nitrogen and oxygen atoms in total. The molecule has 3 N–H and O–H groups in total. The molecule has 2 rings (SSSR count). The predicted octanol–water partition coefficient (Wildman–Crippen LogP) is 0.871. The Kier molecular flexibility index (Phi) is 3.93. The minimum Gasteiger partial charge on any atom is -0.372 e. The van der Waals surface area contributed by atoms with Crippen molar-refractivity contribution in [3.05, 3.63) is 23.5 Å². The number of nitrogens with zero attached hydrogens (tertiary/aromatic N) is 1. The monoisotopic (exact) mass is 249 g/mol. The van der Waals surface area contributed by atoms with Gasteiger partial charge >= 0.3 is 0 Å². The van der Waals surface area contributed by atoms with Crippen LogP contribution in [-0.2, 0) is 22.4 Å². The SMILES string of the molecule is COC(C)C(=O)Nc1cnc2c(c1)CC(N)CC2. The van der Waals surface area contributed by atoms with Crippen molar-refractivity contribution in [2.75, 3.05) is 12.4 Å². The Hall–Kier alpha value is -1.46. The van der Waals surface area contributed by atoms with Gasteiger partial charge in [0.25, 0.3) is 5.91 Å². The van der Waals surface area contributed by atoms with Gasteiger partial charge in [0.2, 0.25) is 0 Å². The number of nitrogens with one attached hydrogen (secondary N) is 1. The highest BCUT2D eigenvalue weighted by molar-refractivity contribution is 5.93. The second-order valence-electron chi connectivity index (χ2n) is 4.70. The van der Waals surface area contributed by atoms with Crippen molar-refractivity contribution in [3.63, 3.8) is 0 Å². The number of fused-ring (bicyclic) bond motifs is 1. The van der Waals surface area contributed by atoms with Crippen molar-refractivity contribution >= 4 is 11.6 Å². The Labute approximate surface area is 107 Å². The van der Waals surface area contributed by atoms with E-state index in [1.54, 1.807) is 13.1 Å². The first-order chi connectivity index (χ1) is 8.60. The lowest BCUT2D eigenvalue weighted by molar-refractivity contribution is -0.124. The molecule has 0 bridgehead atoms. The standard InChI is InChI=1S/C13H19N3O2/c1-8(18-2)13(17)16-11-6-9-5-10(14)3-4-12(9)15-7-11/h6-8,10H,3-5,14H2,1-2H3,(H,16,17). The summed E-state index contributed by atoms with van der Waals surface area (Å²) in [5.41, 5.74) is 8.87. The van der Waals surface area contributed by atoms with Gasteiger partial charge in [-0.25, -0.2) is 0 Å². The van der Waals surface area contributed by atoms with Gasteiger partial charge in [-0.1, -0.05) is 0 Å². The van der Waals surface area contributed by atoms with Gasteiger partial charge in [0, 0.05) is 18.8 Å². The number of nitrogens with two attached hydrogens (primary N) is 1. The van der Waals surface area contributed by atoms with Crippen LogP contribution in [0.1, 0.15) is 24.6 Å². The maximum atomic E-state index is 11.7. The summed E-state index contributed by atoms with van der Waals surface area (Å²) in [4.78, 5) is 16.1. The molecular weight excluding hydrogens is 230 g/mol. The molecule has 0 spiro atoms. The Balaban J connectivity index is 2.11. The average Bonchev–Trinajstić information content (AvgIpc) is 2.37. The summed E-state index contributed by atoms with van der Waals surface area (Å²) in [7, 11) is 1.51. The van der Waals surface area contributed by atoms with Crippen LogP contribution in [0.15, 0.2) is 12.3 Å². The third-order valence-electron chi connectivity index (χ3n) is 3.28. The highest BCUT2D eigenvalue weighted by Crippen LogP contribution is 2.21. The van der Waals surface area contributed by atoms with E-state index in [1.807, 2.05) is 6.07 Å². The number of ether oxygens (including phenoxy) is 1. The van der Waals surface area contributed by atoms with Crippen LogP contribution in [-0.4, -0.2) is 30.1 Å². The van der Waals surface area contributed by atoms with Gasteiger partial charge in [0.05, 0.1) is 11.9 Å². The second-order valence-corrected chi connectivity index (χ2v) is 4.70. The minimum absolute atomic E-state index is 0.167. The number of rotatable bonds is 3. The van der Waals surface area contributed by atoms with Crippen molar-refractivity contribution in [2.45, 2.75) is 38.3 Å². The molecule has 0 saturated carbocycles. The van der Waals surface area contributed by atoms with Crippen LogP contribution in [0.5, 0.6) is 0 Å². The summed E-state index contributed by atoms with van der Waals surface area (Å²) < 4.78 is 4.96. The summed E-state index contributed by atoms with van der Waals surface area (Å²) in [6.07, 6.45) is 3.94. The van der Waals surface area contributed by atoms with Crippen molar-refractivity contribution in [1.82, 2.24) is 4.98 Å². The zero-order valence-corrected chi connectivity index (χ0v) is 10.8. The van der Waals surface area contributed by atoms with Crippen molar-refractivity contribution < 1.29 is 9.53 Å². The van der Waals surface area contributed by atoms with Gasteiger partial charge in [-0.2, -0.15) is 0 Å². The fourth-order valence-electron chi connectivity index (χ4n) is 2.07. The first kappa shape index (κ1) is 13.0. The molecule has 98 valence electrons. The highest BCUT2D eigenvalue weighted by atomic mass is 16.5. The number of methoxy groups -OCH3 is 1. The summed E-state index contributed by atoms with van der Waals surface area (Å²) >= 11 is 0. The van der Waals surface area contributed by atoms with Gasteiger partial charge in [-0.15, -0.1) is 0 Å². The molecule has 0 aromatic carbocycles. The van der Waals surface area contributed by atoms with E-state index in [1.165, 1.54) is 7.11 Å². The van der Waals surface area contributed by atoms with E-state index in [-0.39, 0.29) is 11.9 Å². The molecule has 2 unspecified atom stereocenters. The largest absolute Gasteiger partial charge is 0.372 e. The topological polar surface area (TPSA) is 77.2 Å². The molecular formula is C13H19N3O2. The molecule has 2 atom stereocenters. The van der Waals surface area contributed by atoms with E-state index in [0.717, 1.165) is 30.5 Å². The molecule has 0 saturated heterocycles. The average molecular weight is 249 g/mol. The first-order valence-corrected chi connectivity index (χ1v) is 6.17. The Morgan fingerprint density at radius 3 is 3.17 bits per heavy atom. The van der Waals surface area contributed by atoms with E-state index >= 15 is 0 Å². The van der Waals surface area contributed by atoms with Gasteiger partial charge in [-0.05, 0) is 37.8 Å². The summed E-state index contributed by atoms with van der Waals surface area (Å²) in [6, 6.07) is 2.16. The molecule has 1 heterocycles. The predicted molar refractivity (Wildman–Crippen MR) is 69.3 cm³/mol. The number of aromatic nitrogens is 1. The lowest BCUT2D eigenvalue weighted by atomic mass is 9.92. The number of hydrogen-bond acceptors (Lipinski definition) is 4. The zero-order valence-electron chi connectivity index (χ0n) is 10.8. The molecule has 0 aliphatic heterocycles. The summed E-state index contributed by atoms with van der Waals surface area (Å²) in [5, 5.41) is 2.79. The number of carbonyl (C=O) groups is 1. The first-order valence-electron chi connectivity index (χ1n) is 6.17. The number of hydrogen-bond donors (Lipinski definition) is 2. The normalized spacial score (nSPS) is 20.1. The summed E-state index contributed by atoms with van der Waals surface area (Å²) in [5.74, 6) is -0.167. The number of amides is 1. The van der Waals surface area contributed by atoms with Gasteiger partial charge in [0.15, 0.2) is 0 Å². The van der Waals surface area contributed by atoms with Crippen LogP contribution < -0.4 is 11.1 Å². The lowest BCUT2D eigenvalue weighted by Gasteiger charge is -2.21. The maximum absolute atomic E-state index is 11.7. The maximum Gasteiger partial charge on any atom is 0.253 e. The van der Waals surface area contributed by atoms with E-state index < -0.39 is 6.10 Å². The smallest absolute Gasteiger partial charge is 0.253 e. The molecule has 0 radical (unpaired) electrons. The van der Waals surface area contributed by atoms with Crippen molar-refractivity contribution in [1.29, 1.82) is 0 Å². The van der Waals surface area contributed by atoms with E-state index in [9.17, 15) is 4.79 Å². The molecule has 1 aliphatic rings. The van der Waals surface area contributed by atoms with Crippen LogP contribution in [0.25, 0.3) is 0 Å². The third-order valence-corrected chi connectivity index (χ3v) is 3.28. The molecule has 18 heavy (non-hydrogen) atoms. The number of anilines is 1. The fraction of sp³-hybridized carbons (Fsp3) is 0.538. The lowest BCUT2D eigenvalue weighted by Crippen LogP contribution is -2.29. The van der Waals surface area contributed by atoms with Crippen LogP contribution in [0.4, 0.5) is 5.69 Å². The molecule has 1 aromatic rings. The summed E-state index contributed by atoms with van der Waals surface area (Å²) in [6.45, 7) is 1.71. The number of carbonyl (C=O) groups excluding carboxylic acids is 1. The van der Waals surface area contributed by atoms with E-state index in [0.29, 0.717) is 5.69 Å². The van der Waals surface area contributed by atoms with Crippen LogP contribution in [0, 0.1) is 0 Å². The fourth-order valence-corrected chi connectivity index (χ4v) is 2.07. The molecule has 5 heteroatoms. The molecule has 1 amide bonds. The van der Waals surface area contributed by atoms with Gasteiger partial charge in [0.1, 0.15) is 6.10 Å². The van der Waals surface area contributed by atoms with Crippen molar-refractivity contribution in [2.24, 2.45) is 5.73 Å². The third kappa shape index (κ3) is 2.86. The number of pyridine rings is 1. The van der Waals surface area contributed by atoms with E-state index in [2.05, 4.69) is 10.3 Å². The van der Waals surface area contributed by atoms with Crippen LogP contribution >= 0.6 is 0 Å². The highest BCUT2D eigenvalue weighted by Gasteiger charge is 2.18. The van der Waals surface area contributed by atoms with Crippen LogP contribution in [0.2, 0.25) is 0 Å². The Morgan fingerprint density at radius 1 is 1.67 bits per heavy atom. The zero-order chi connectivity index (χ0) is 13.1. The number of aryl methyl sites for hydroxylation is 1. The minimum atomic E-state index is -0.469. The Morgan fingerprint density at radius 2 is 2.44 bits per heavy atom. The van der Waals surface area contributed by atoms with E-state index in [4.69, 9.17) is 10.5 Å². The van der Waals surface area contributed by atoms with Gasteiger partial charge < -0.3 is 15.8 Å². The second kappa shape index (κ2) is 5.46. The molecule has 0 fully saturated rings. The quantitative estimate of drug-likeness (QED) is 0.833. The van der Waals surface area contributed by atoms with Crippen LogP contribution in [0.3, 0.4) is 0 Å². The van der Waals surface area contributed by atoms with Crippen molar-refractivity contribution in [3.8, 4) is 0 Å². The Bertz CT molecular complexity index is 448.